The number of rotatable bonds is 10. The lowest BCUT2D eigenvalue weighted by Gasteiger charge is -2.53. The highest BCUT2D eigenvalue weighted by Crippen LogP contribution is 2.83. The van der Waals surface area contributed by atoms with Crippen molar-refractivity contribution in [2.24, 2.45) is 17.3 Å². The molecule has 9 aliphatic rings. The average molecular weight is 761 g/mol. The number of amides is 2. The second kappa shape index (κ2) is 12.7. The number of piperazine rings is 1. The van der Waals surface area contributed by atoms with E-state index in [9.17, 15) is 29.4 Å². The average Bonchev–Trinajstić information content (AvgIpc) is 4.08. The van der Waals surface area contributed by atoms with Crippen LogP contribution in [-0.4, -0.2) is 168 Å². The third-order valence-corrected chi connectivity index (χ3v) is 14.4. The third-order valence-electron chi connectivity index (χ3n) is 14.4. The van der Waals surface area contributed by atoms with E-state index in [1.54, 1.807) is 16.7 Å². The van der Waals surface area contributed by atoms with Crippen molar-refractivity contribution in [3.63, 3.8) is 0 Å². The molecule has 9 rings (SSSR count). The molecule has 298 valence electrons. The number of hydrogen-bond donors (Lipinski definition) is 2. The van der Waals surface area contributed by atoms with Crippen LogP contribution in [0.1, 0.15) is 59.8 Å². The lowest BCUT2D eigenvalue weighted by atomic mass is 9.47. The van der Waals surface area contributed by atoms with Gasteiger partial charge in [0.1, 0.15) is 60.2 Å². The largest absolute Gasteiger partial charge is 0.489 e. The molecule has 6 aliphatic heterocycles. The van der Waals surface area contributed by atoms with Gasteiger partial charge in [-0.2, -0.15) is 0 Å². The fraction of sp³-hybridized carbons (Fsp3) is 0.842. The molecule has 3 aliphatic carbocycles. The molecule has 54 heavy (non-hydrogen) atoms. The Morgan fingerprint density at radius 2 is 1.70 bits per heavy atom. The predicted molar refractivity (Wildman–Crippen MR) is 181 cm³/mol. The smallest absolute Gasteiger partial charge is 0.306 e. The van der Waals surface area contributed by atoms with Crippen molar-refractivity contribution in [3.05, 3.63) is 11.3 Å². The van der Waals surface area contributed by atoms with E-state index >= 15 is 0 Å². The number of aliphatic hydroxyl groups excluding tert-OH is 2. The summed E-state index contributed by atoms with van der Waals surface area (Å²) in [6.45, 7) is 9.13. The van der Waals surface area contributed by atoms with Gasteiger partial charge < -0.3 is 57.9 Å². The van der Waals surface area contributed by atoms with Crippen LogP contribution < -0.4 is 0 Å². The van der Waals surface area contributed by atoms with Crippen LogP contribution in [0.3, 0.4) is 0 Å². The van der Waals surface area contributed by atoms with Crippen molar-refractivity contribution in [1.82, 2.24) is 9.80 Å². The van der Waals surface area contributed by atoms with Gasteiger partial charge in [0.25, 0.3) is 0 Å². The molecule has 0 aromatic rings. The molecule has 2 N–H and O–H groups in total. The van der Waals surface area contributed by atoms with E-state index in [0.717, 1.165) is 17.8 Å². The Morgan fingerprint density at radius 3 is 2.41 bits per heavy atom. The van der Waals surface area contributed by atoms with E-state index in [2.05, 4.69) is 20.8 Å². The molecule has 0 radical (unpaired) electrons. The first-order chi connectivity index (χ1) is 25.7. The van der Waals surface area contributed by atoms with Gasteiger partial charge in [-0.3, -0.25) is 19.2 Å². The number of allylic oxidation sites excluding steroid dienone is 1. The van der Waals surface area contributed by atoms with E-state index in [1.165, 1.54) is 7.11 Å². The summed E-state index contributed by atoms with van der Waals surface area (Å²) in [5.41, 5.74) is -1.95. The fourth-order valence-corrected chi connectivity index (χ4v) is 11.4. The normalized spacial score (nSPS) is 46.7. The van der Waals surface area contributed by atoms with Crippen LogP contribution in [0.4, 0.5) is 0 Å². The summed E-state index contributed by atoms with van der Waals surface area (Å²) in [5.74, 6) is -0.102. The second-order valence-electron chi connectivity index (χ2n) is 17.2. The van der Waals surface area contributed by atoms with Crippen LogP contribution in [0.5, 0.6) is 0 Å². The molecule has 16 heteroatoms. The summed E-state index contributed by atoms with van der Waals surface area (Å²) in [5, 5.41) is 20.4. The molecule has 5 saturated heterocycles. The van der Waals surface area contributed by atoms with E-state index in [-0.39, 0.29) is 80.4 Å². The minimum atomic E-state index is -1.14. The minimum absolute atomic E-state index is 0.00257. The molecule has 2 amide bonds. The number of nitrogens with zero attached hydrogens (tertiary/aromatic N) is 2. The molecule has 2 spiro atoms. The number of fused-ring (bicyclic) bond motifs is 4. The van der Waals surface area contributed by atoms with Gasteiger partial charge in [-0.05, 0) is 32.1 Å². The van der Waals surface area contributed by atoms with E-state index in [1.807, 2.05) is 0 Å². The first-order valence-electron chi connectivity index (χ1n) is 19.5. The van der Waals surface area contributed by atoms with Crippen LogP contribution >= 0.6 is 0 Å². The maximum absolute atomic E-state index is 13.7. The Hall–Kier alpha value is -2.70. The van der Waals surface area contributed by atoms with Gasteiger partial charge in [0.15, 0.2) is 24.1 Å². The van der Waals surface area contributed by atoms with Gasteiger partial charge in [0.05, 0.1) is 25.2 Å². The number of Topliss-reactive ketones (excluding diaryl/α,β-unsaturated/α-hetero) is 1. The minimum Gasteiger partial charge on any atom is -0.489 e. The van der Waals surface area contributed by atoms with Gasteiger partial charge in [-0.15, -0.1) is 0 Å². The SMILES string of the molecule is CO[C@H]1[C@H](O)[C@@H](O)C(C)O[C@@H]1COCC(=O)N1CCN(C(=O)CCC(=O)O[C@@H]2[C@@]3(C(C)C)O[C@H]3[C@@H]3O[C@]34[C@]23O[C@H]3CC2C3=C(CC[C@@]24C)C(=O)CO3)CC1. The van der Waals surface area contributed by atoms with E-state index < -0.39 is 64.8 Å². The molecular formula is C38H52N2O14. The van der Waals surface area contributed by atoms with Crippen molar-refractivity contribution >= 4 is 23.6 Å². The molecule has 0 bridgehead atoms. The lowest BCUT2D eigenvalue weighted by molar-refractivity contribution is -0.234. The van der Waals surface area contributed by atoms with Crippen LogP contribution in [0.25, 0.3) is 0 Å². The summed E-state index contributed by atoms with van der Waals surface area (Å²) in [6.07, 6.45) is -3.84. The van der Waals surface area contributed by atoms with Crippen molar-refractivity contribution in [3.8, 4) is 0 Å². The summed E-state index contributed by atoms with van der Waals surface area (Å²) in [7, 11) is 1.41. The van der Waals surface area contributed by atoms with Crippen LogP contribution in [0, 0.1) is 17.3 Å². The zero-order valence-corrected chi connectivity index (χ0v) is 31.5. The van der Waals surface area contributed by atoms with Gasteiger partial charge >= 0.3 is 5.97 Å². The standard InChI is InChI=1S/C38H52N2O14/c1-18(2)36-32(53-36)33-38(54-33)35(4)9-8-20-22(41)15-49-30(20)21(35)14-24-37(38,52-24)34(36)51-27(44)7-6-25(42)39-10-12-40(13-11-39)26(43)17-48-16-23-31(47-5)29(46)28(45)19(3)50-23/h18-19,21,23-24,28-29,31-34,45-46H,6-17H2,1-5H3/t19?,21?,23-,24+,28+,29-,31-,32+,33+,34-,35+,36+,37-,38-/m1/s1. The topological polar surface area (TPSA) is 199 Å². The summed E-state index contributed by atoms with van der Waals surface area (Å²) >= 11 is 0. The summed E-state index contributed by atoms with van der Waals surface area (Å²) < 4.78 is 48.9. The first kappa shape index (κ1) is 36.9. The summed E-state index contributed by atoms with van der Waals surface area (Å²) in [6, 6.07) is 0. The molecular weight excluding hydrogens is 708 g/mol. The number of methoxy groups -OCH3 is 1. The lowest BCUT2D eigenvalue weighted by Crippen LogP contribution is -2.70. The Kier molecular flexibility index (Phi) is 8.65. The molecule has 6 heterocycles. The van der Waals surface area contributed by atoms with Crippen LogP contribution in [0.2, 0.25) is 0 Å². The van der Waals surface area contributed by atoms with Crippen LogP contribution in [0.15, 0.2) is 11.3 Å². The van der Waals surface area contributed by atoms with Crippen molar-refractivity contribution < 1.29 is 67.3 Å². The molecule has 7 fully saturated rings. The number of ketones is 1. The zero-order chi connectivity index (χ0) is 38.1. The zero-order valence-electron chi connectivity index (χ0n) is 31.5. The van der Waals surface area contributed by atoms with Crippen molar-refractivity contribution in [1.29, 1.82) is 0 Å². The second-order valence-corrected chi connectivity index (χ2v) is 17.2. The third kappa shape index (κ3) is 4.96. The number of carbonyl (C=O) groups is 4. The Labute approximate surface area is 313 Å². The number of hydrogen-bond acceptors (Lipinski definition) is 14. The number of aliphatic hydroxyl groups is 2. The Bertz CT molecular complexity index is 1650. The first-order valence-corrected chi connectivity index (χ1v) is 19.5. The number of ether oxygens (including phenoxy) is 8. The van der Waals surface area contributed by atoms with E-state index in [4.69, 9.17) is 37.9 Å². The molecule has 16 nitrogen and oxygen atoms in total. The monoisotopic (exact) mass is 760 g/mol. The molecule has 2 saturated carbocycles. The van der Waals surface area contributed by atoms with Gasteiger partial charge in [-0.1, -0.05) is 20.8 Å². The maximum Gasteiger partial charge on any atom is 0.306 e. The van der Waals surface area contributed by atoms with Gasteiger partial charge in [0.2, 0.25) is 11.8 Å². The number of esters is 1. The fourth-order valence-electron chi connectivity index (χ4n) is 11.4. The Morgan fingerprint density at radius 1 is 0.981 bits per heavy atom. The quantitative estimate of drug-likeness (QED) is 0.216. The number of carbonyl (C=O) groups excluding carboxylic acids is 4. The highest BCUT2D eigenvalue weighted by molar-refractivity contribution is 5.99. The van der Waals surface area contributed by atoms with Crippen LogP contribution in [-0.2, 0) is 57.1 Å². The number of epoxide rings is 3. The van der Waals surface area contributed by atoms with Crippen molar-refractivity contribution in [2.75, 3.05) is 53.1 Å². The predicted octanol–water partition coefficient (Wildman–Crippen LogP) is -0.354. The molecule has 2 unspecified atom stereocenters. The van der Waals surface area contributed by atoms with Gasteiger partial charge in [0, 0.05) is 56.6 Å². The maximum atomic E-state index is 13.7. The molecule has 0 aromatic heterocycles. The van der Waals surface area contributed by atoms with Crippen molar-refractivity contribution in [2.45, 2.75) is 132 Å². The van der Waals surface area contributed by atoms with E-state index in [0.29, 0.717) is 39.0 Å². The molecule has 14 atom stereocenters. The highest BCUT2D eigenvalue weighted by atomic mass is 16.8. The molecule has 0 aromatic carbocycles. The Balaban J connectivity index is 0.789. The van der Waals surface area contributed by atoms with Gasteiger partial charge in [-0.25, -0.2) is 0 Å². The highest BCUT2D eigenvalue weighted by Gasteiger charge is 3.01. The summed E-state index contributed by atoms with van der Waals surface area (Å²) in [4.78, 5) is 55.7.